The van der Waals surface area contributed by atoms with Crippen LogP contribution >= 0.6 is 0 Å². The van der Waals surface area contributed by atoms with E-state index in [-0.39, 0.29) is 25.1 Å². The van der Waals surface area contributed by atoms with Crippen molar-refractivity contribution in [1.29, 1.82) is 0 Å². The fraction of sp³-hybridized carbons (Fsp3) is 0.400. The van der Waals surface area contributed by atoms with Gasteiger partial charge in [0.25, 0.3) is 0 Å². The maximum Gasteiger partial charge on any atom is 0.127 e. The third-order valence-corrected chi connectivity index (χ3v) is 1.82. The van der Waals surface area contributed by atoms with Gasteiger partial charge in [-0.2, -0.15) is 0 Å². The van der Waals surface area contributed by atoms with Crippen molar-refractivity contribution >= 4 is 0 Å². The summed E-state index contributed by atoms with van der Waals surface area (Å²) in [5.74, 6) is 0.0244. The maximum absolute atomic E-state index is 12.9. The summed E-state index contributed by atoms with van der Waals surface area (Å²) in [4.78, 5) is 0. The van der Waals surface area contributed by atoms with Crippen molar-refractivity contribution in [1.82, 2.24) is 0 Å². The number of benzene rings is 1. The van der Waals surface area contributed by atoms with Crippen LogP contribution in [0.4, 0.5) is 4.39 Å². The number of aliphatic hydroxyl groups excluding tert-OH is 1. The van der Waals surface area contributed by atoms with Crippen molar-refractivity contribution < 1.29 is 14.2 Å². The molecule has 4 heteroatoms. The summed E-state index contributed by atoms with van der Waals surface area (Å²) in [6.07, 6.45) is 0. The van der Waals surface area contributed by atoms with Crippen molar-refractivity contribution in [3.05, 3.63) is 29.6 Å². The SMILES string of the molecule is CC(N)c1ccc(F)cc1OCCO. The lowest BCUT2D eigenvalue weighted by molar-refractivity contribution is 0.199. The van der Waals surface area contributed by atoms with Gasteiger partial charge in [-0.05, 0) is 13.0 Å². The molecule has 0 radical (unpaired) electrons. The van der Waals surface area contributed by atoms with Gasteiger partial charge in [-0.25, -0.2) is 4.39 Å². The first-order valence-corrected chi connectivity index (χ1v) is 4.44. The molecule has 0 amide bonds. The molecule has 14 heavy (non-hydrogen) atoms. The van der Waals surface area contributed by atoms with Crippen LogP contribution in [-0.4, -0.2) is 18.3 Å². The zero-order chi connectivity index (χ0) is 10.6. The average molecular weight is 199 g/mol. The van der Waals surface area contributed by atoms with Crippen molar-refractivity contribution in [2.75, 3.05) is 13.2 Å². The molecule has 0 fully saturated rings. The number of nitrogens with two attached hydrogens (primary N) is 1. The van der Waals surface area contributed by atoms with Crippen molar-refractivity contribution in [3.8, 4) is 5.75 Å². The zero-order valence-electron chi connectivity index (χ0n) is 8.03. The highest BCUT2D eigenvalue weighted by Gasteiger charge is 2.08. The molecule has 78 valence electrons. The molecular weight excluding hydrogens is 185 g/mol. The second-order valence-electron chi connectivity index (χ2n) is 3.04. The summed E-state index contributed by atoms with van der Waals surface area (Å²) < 4.78 is 18.0. The quantitative estimate of drug-likeness (QED) is 0.766. The molecule has 0 heterocycles. The van der Waals surface area contributed by atoms with E-state index < -0.39 is 0 Å². The molecule has 3 nitrogen and oxygen atoms in total. The molecule has 1 atom stereocenters. The lowest BCUT2D eigenvalue weighted by Gasteiger charge is -2.13. The Morgan fingerprint density at radius 2 is 2.29 bits per heavy atom. The third kappa shape index (κ3) is 2.68. The highest BCUT2D eigenvalue weighted by Crippen LogP contribution is 2.24. The Balaban J connectivity index is 2.91. The number of hydrogen-bond acceptors (Lipinski definition) is 3. The third-order valence-electron chi connectivity index (χ3n) is 1.82. The number of ether oxygens (including phenoxy) is 1. The number of hydrogen-bond donors (Lipinski definition) is 2. The highest BCUT2D eigenvalue weighted by molar-refractivity contribution is 5.36. The van der Waals surface area contributed by atoms with Crippen molar-refractivity contribution in [2.45, 2.75) is 13.0 Å². The van der Waals surface area contributed by atoms with Gasteiger partial charge in [0.1, 0.15) is 18.2 Å². The molecule has 0 saturated heterocycles. The monoisotopic (exact) mass is 199 g/mol. The van der Waals surface area contributed by atoms with E-state index in [1.54, 1.807) is 13.0 Å². The standard InChI is InChI=1S/C10H14FNO2/c1-7(12)9-3-2-8(11)6-10(9)14-5-4-13/h2-3,6-7,13H,4-5,12H2,1H3. The van der Waals surface area contributed by atoms with E-state index in [4.69, 9.17) is 15.6 Å². The fourth-order valence-electron chi connectivity index (χ4n) is 1.16. The van der Waals surface area contributed by atoms with E-state index >= 15 is 0 Å². The molecule has 0 aliphatic carbocycles. The summed E-state index contributed by atoms with van der Waals surface area (Å²) in [6.45, 7) is 1.83. The second-order valence-corrected chi connectivity index (χ2v) is 3.04. The highest BCUT2D eigenvalue weighted by atomic mass is 19.1. The van der Waals surface area contributed by atoms with E-state index in [0.717, 1.165) is 5.56 Å². The Bertz CT molecular complexity index is 302. The van der Waals surface area contributed by atoms with E-state index in [0.29, 0.717) is 5.75 Å². The van der Waals surface area contributed by atoms with Crippen LogP contribution in [0.25, 0.3) is 0 Å². The molecule has 0 aromatic heterocycles. The van der Waals surface area contributed by atoms with Crippen molar-refractivity contribution in [3.63, 3.8) is 0 Å². The molecular formula is C10H14FNO2. The van der Waals surface area contributed by atoms with Gasteiger partial charge in [-0.1, -0.05) is 6.07 Å². The normalized spacial score (nSPS) is 12.6. The Kier molecular flexibility index (Phi) is 3.85. The zero-order valence-corrected chi connectivity index (χ0v) is 8.03. The van der Waals surface area contributed by atoms with Crippen LogP contribution in [0.15, 0.2) is 18.2 Å². The minimum atomic E-state index is -0.373. The molecule has 1 aromatic rings. The first-order chi connectivity index (χ1) is 6.65. The van der Waals surface area contributed by atoms with Gasteiger partial charge in [0, 0.05) is 17.7 Å². The molecule has 1 rings (SSSR count). The number of aliphatic hydroxyl groups is 1. The van der Waals surface area contributed by atoms with E-state index in [1.165, 1.54) is 12.1 Å². The van der Waals surface area contributed by atoms with Crippen LogP contribution in [0.5, 0.6) is 5.75 Å². The Labute approximate surface area is 82.3 Å². The molecule has 0 bridgehead atoms. The first kappa shape index (κ1) is 10.9. The fourth-order valence-corrected chi connectivity index (χ4v) is 1.16. The molecule has 0 saturated carbocycles. The minimum absolute atomic E-state index is 0.102. The molecule has 0 spiro atoms. The van der Waals surface area contributed by atoms with Gasteiger partial charge in [0.05, 0.1) is 6.61 Å². The van der Waals surface area contributed by atoms with Gasteiger partial charge in [-0.15, -0.1) is 0 Å². The van der Waals surface area contributed by atoms with Crippen LogP contribution in [0.2, 0.25) is 0 Å². The number of halogens is 1. The molecule has 0 aliphatic rings. The topological polar surface area (TPSA) is 55.5 Å². The van der Waals surface area contributed by atoms with Crippen LogP contribution in [0.3, 0.4) is 0 Å². The van der Waals surface area contributed by atoms with Gasteiger partial charge >= 0.3 is 0 Å². The van der Waals surface area contributed by atoms with Gasteiger partial charge in [-0.3, -0.25) is 0 Å². The van der Waals surface area contributed by atoms with Crippen LogP contribution in [-0.2, 0) is 0 Å². The first-order valence-electron chi connectivity index (χ1n) is 4.44. The summed E-state index contributed by atoms with van der Waals surface area (Å²) in [6, 6.07) is 3.98. The van der Waals surface area contributed by atoms with Crippen LogP contribution in [0.1, 0.15) is 18.5 Å². The smallest absolute Gasteiger partial charge is 0.127 e. The maximum atomic E-state index is 12.9. The van der Waals surface area contributed by atoms with Gasteiger partial charge in [0.2, 0.25) is 0 Å². The largest absolute Gasteiger partial charge is 0.491 e. The second kappa shape index (κ2) is 4.93. The van der Waals surface area contributed by atoms with E-state index in [9.17, 15) is 4.39 Å². The van der Waals surface area contributed by atoms with E-state index in [2.05, 4.69) is 0 Å². The predicted octanol–water partition coefficient (Wildman–Crippen LogP) is 1.22. The Morgan fingerprint density at radius 3 is 2.86 bits per heavy atom. The summed E-state index contributed by atoms with van der Waals surface area (Å²) >= 11 is 0. The van der Waals surface area contributed by atoms with Gasteiger partial charge in [0.15, 0.2) is 0 Å². The summed E-state index contributed by atoms with van der Waals surface area (Å²) in [5.41, 5.74) is 6.41. The molecule has 3 N–H and O–H groups in total. The Morgan fingerprint density at radius 1 is 1.57 bits per heavy atom. The predicted molar refractivity (Wildman–Crippen MR) is 51.6 cm³/mol. The molecule has 0 aliphatic heterocycles. The Hall–Kier alpha value is -1.13. The molecule has 1 aromatic carbocycles. The lowest BCUT2D eigenvalue weighted by atomic mass is 10.1. The average Bonchev–Trinajstić information content (AvgIpc) is 2.14. The minimum Gasteiger partial charge on any atom is -0.491 e. The van der Waals surface area contributed by atoms with Crippen molar-refractivity contribution in [2.24, 2.45) is 5.73 Å². The van der Waals surface area contributed by atoms with Crippen LogP contribution in [0, 0.1) is 5.82 Å². The number of rotatable bonds is 4. The van der Waals surface area contributed by atoms with E-state index in [1.807, 2.05) is 0 Å². The lowest BCUT2D eigenvalue weighted by Crippen LogP contribution is -2.10. The van der Waals surface area contributed by atoms with Crippen LogP contribution < -0.4 is 10.5 Å². The molecule has 1 unspecified atom stereocenters. The summed E-state index contributed by atoms with van der Waals surface area (Å²) in [5, 5.41) is 8.58. The van der Waals surface area contributed by atoms with Gasteiger partial charge < -0.3 is 15.6 Å². The summed E-state index contributed by atoms with van der Waals surface area (Å²) in [7, 11) is 0.